The van der Waals surface area contributed by atoms with Gasteiger partial charge in [0.05, 0.1) is 7.11 Å². The molecule has 1 aliphatic heterocycles. The summed E-state index contributed by atoms with van der Waals surface area (Å²) in [6.07, 6.45) is -0.507. The van der Waals surface area contributed by atoms with Crippen LogP contribution in [0.25, 0.3) is 0 Å². The standard InChI is InChI=1S/C10H11N3O3/c1-16-7-4-2-6(3-5-7)8-11-9(14)13-10(15)12-8/h2-5,8H,1H3,(H3,11,12,13,14,15). The Labute approximate surface area is 92.0 Å². The first-order valence-electron chi connectivity index (χ1n) is 4.71. The number of hydrogen-bond donors (Lipinski definition) is 3. The van der Waals surface area contributed by atoms with Crippen molar-refractivity contribution in [1.82, 2.24) is 16.0 Å². The molecule has 6 nitrogen and oxygen atoms in total. The van der Waals surface area contributed by atoms with E-state index in [4.69, 9.17) is 4.74 Å². The van der Waals surface area contributed by atoms with Crippen LogP contribution in [0.15, 0.2) is 24.3 Å². The average Bonchev–Trinajstić information content (AvgIpc) is 2.28. The molecule has 3 N–H and O–H groups in total. The number of amides is 4. The maximum atomic E-state index is 11.1. The first-order chi connectivity index (χ1) is 7.69. The third kappa shape index (κ3) is 2.05. The molecular formula is C10H11N3O3. The molecule has 1 fully saturated rings. The second kappa shape index (κ2) is 4.09. The van der Waals surface area contributed by atoms with Crippen molar-refractivity contribution in [1.29, 1.82) is 0 Å². The maximum Gasteiger partial charge on any atom is 0.324 e. The Hall–Kier alpha value is -2.24. The Balaban J connectivity index is 2.16. The Morgan fingerprint density at radius 2 is 1.62 bits per heavy atom. The van der Waals surface area contributed by atoms with Crippen molar-refractivity contribution in [3.63, 3.8) is 0 Å². The molecule has 6 heteroatoms. The van der Waals surface area contributed by atoms with Crippen molar-refractivity contribution in [3.8, 4) is 5.75 Å². The number of benzene rings is 1. The van der Waals surface area contributed by atoms with Crippen LogP contribution in [-0.2, 0) is 0 Å². The quantitative estimate of drug-likeness (QED) is 0.688. The second-order valence-electron chi connectivity index (χ2n) is 3.28. The number of methoxy groups -OCH3 is 1. The molecular weight excluding hydrogens is 210 g/mol. The molecule has 0 unspecified atom stereocenters. The van der Waals surface area contributed by atoms with E-state index in [0.717, 1.165) is 11.3 Å². The number of carbonyl (C=O) groups excluding carboxylic acids is 2. The van der Waals surface area contributed by atoms with Crippen LogP contribution in [0, 0.1) is 0 Å². The van der Waals surface area contributed by atoms with E-state index in [0.29, 0.717) is 0 Å². The number of urea groups is 2. The Morgan fingerprint density at radius 3 is 2.12 bits per heavy atom. The fraction of sp³-hybridized carbons (Fsp3) is 0.200. The van der Waals surface area contributed by atoms with Crippen molar-refractivity contribution >= 4 is 12.1 Å². The fourth-order valence-electron chi connectivity index (χ4n) is 1.44. The normalized spacial score (nSPS) is 16.1. The van der Waals surface area contributed by atoms with E-state index in [2.05, 4.69) is 16.0 Å². The summed E-state index contributed by atoms with van der Waals surface area (Å²) >= 11 is 0. The molecule has 0 spiro atoms. The van der Waals surface area contributed by atoms with E-state index >= 15 is 0 Å². The molecule has 1 heterocycles. The molecule has 1 aliphatic rings. The number of ether oxygens (including phenoxy) is 1. The summed E-state index contributed by atoms with van der Waals surface area (Å²) in [5, 5.41) is 7.23. The SMILES string of the molecule is COc1ccc(C2NC(=O)NC(=O)N2)cc1. The molecule has 0 aliphatic carbocycles. The number of imide groups is 1. The highest BCUT2D eigenvalue weighted by Gasteiger charge is 2.23. The van der Waals surface area contributed by atoms with Gasteiger partial charge in [0.15, 0.2) is 0 Å². The van der Waals surface area contributed by atoms with Gasteiger partial charge in [-0.2, -0.15) is 0 Å². The molecule has 16 heavy (non-hydrogen) atoms. The Morgan fingerprint density at radius 1 is 1.06 bits per heavy atom. The van der Waals surface area contributed by atoms with Gasteiger partial charge in [0.2, 0.25) is 0 Å². The van der Waals surface area contributed by atoms with E-state index in [-0.39, 0.29) is 0 Å². The number of hydrogen-bond acceptors (Lipinski definition) is 3. The molecule has 0 saturated carbocycles. The molecule has 2 rings (SSSR count). The Kier molecular flexibility index (Phi) is 2.63. The van der Waals surface area contributed by atoms with E-state index < -0.39 is 18.2 Å². The summed E-state index contributed by atoms with van der Waals surface area (Å²) in [5.74, 6) is 0.718. The topological polar surface area (TPSA) is 79.5 Å². The fourth-order valence-corrected chi connectivity index (χ4v) is 1.44. The minimum atomic E-state index is -0.510. The van der Waals surface area contributed by atoms with Gasteiger partial charge < -0.3 is 15.4 Å². The van der Waals surface area contributed by atoms with Gasteiger partial charge in [-0.1, -0.05) is 12.1 Å². The van der Waals surface area contributed by atoms with Gasteiger partial charge in [0, 0.05) is 0 Å². The van der Waals surface area contributed by atoms with Crippen LogP contribution in [0.3, 0.4) is 0 Å². The number of rotatable bonds is 2. The highest BCUT2D eigenvalue weighted by atomic mass is 16.5. The minimum absolute atomic E-state index is 0.507. The summed E-state index contributed by atoms with van der Waals surface area (Å²) in [6.45, 7) is 0. The predicted molar refractivity (Wildman–Crippen MR) is 55.9 cm³/mol. The van der Waals surface area contributed by atoms with Crippen molar-refractivity contribution in [2.75, 3.05) is 7.11 Å². The minimum Gasteiger partial charge on any atom is -0.497 e. The van der Waals surface area contributed by atoms with Gasteiger partial charge in [-0.15, -0.1) is 0 Å². The molecule has 1 aromatic rings. The third-order valence-electron chi connectivity index (χ3n) is 2.23. The predicted octanol–water partition coefficient (Wildman–Crippen LogP) is 0.716. The highest BCUT2D eigenvalue weighted by Crippen LogP contribution is 2.16. The van der Waals surface area contributed by atoms with Crippen molar-refractivity contribution in [3.05, 3.63) is 29.8 Å². The lowest BCUT2D eigenvalue weighted by Crippen LogP contribution is -2.56. The van der Waals surface area contributed by atoms with Crippen molar-refractivity contribution < 1.29 is 14.3 Å². The zero-order chi connectivity index (χ0) is 11.5. The Bertz CT molecular complexity index is 400. The van der Waals surface area contributed by atoms with Crippen LogP contribution in [0.4, 0.5) is 9.59 Å². The zero-order valence-electron chi connectivity index (χ0n) is 8.61. The van der Waals surface area contributed by atoms with Gasteiger partial charge in [-0.05, 0) is 17.7 Å². The van der Waals surface area contributed by atoms with Crippen molar-refractivity contribution in [2.24, 2.45) is 0 Å². The summed E-state index contributed by atoms with van der Waals surface area (Å²) in [5.41, 5.74) is 0.781. The van der Waals surface area contributed by atoms with E-state index in [1.54, 1.807) is 31.4 Å². The smallest absolute Gasteiger partial charge is 0.324 e. The maximum absolute atomic E-state index is 11.1. The lowest BCUT2D eigenvalue weighted by molar-refractivity contribution is 0.209. The summed E-state index contributed by atoms with van der Waals surface area (Å²) in [7, 11) is 1.57. The monoisotopic (exact) mass is 221 g/mol. The number of nitrogens with one attached hydrogen (secondary N) is 3. The van der Waals surface area contributed by atoms with Crippen LogP contribution in [0.2, 0.25) is 0 Å². The van der Waals surface area contributed by atoms with Gasteiger partial charge >= 0.3 is 12.1 Å². The van der Waals surface area contributed by atoms with E-state index in [9.17, 15) is 9.59 Å². The van der Waals surface area contributed by atoms with Crippen LogP contribution in [0.1, 0.15) is 11.7 Å². The van der Waals surface area contributed by atoms with Gasteiger partial charge in [0.25, 0.3) is 0 Å². The van der Waals surface area contributed by atoms with Crippen LogP contribution in [0.5, 0.6) is 5.75 Å². The number of carbonyl (C=O) groups is 2. The highest BCUT2D eigenvalue weighted by molar-refractivity contribution is 5.96. The van der Waals surface area contributed by atoms with E-state index in [1.807, 2.05) is 0 Å². The lowest BCUT2D eigenvalue weighted by Gasteiger charge is -2.25. The third-order valence-corrected chi connectivity index (χ3v) is 2.23. The van der Waals surface area contributed by atoms with E-state index in [1.165, 1.54) is 0 Å². The first kappa shape index (κ1) is 10.3. The average molecular weight is 221 g/mol. The van der Waals surface area contributed by atoms with Gasteiger partial charge in [-0.25, -0.2) is 9.59 Å². The van der Waals surface area contributed by atoms with Gasteiger partial charge in [0.1, 0.15) is 11.9 Å². The largest absolute Gasteiger partial charge is 0.497 e. The molecule has 0 atom stereocenters. The van der Waals surface area contributed by atoms with Crippen LogP contribution in [-0.4, -0.2) is 19.2 Å². The molecule has 0 radical (unpaired) electrons. The summed E-state index contributed by atoms with van der Waals surface area (Å²) in [6, 6.07) is 6.05. The lowest BCUT2D eigenvalue weighted by atomic mass is 10.1. The molecule has 0 aromatic heterocycles. The zero-order valence-corrected chi connectivity index (χ0v) is 8.61. The van der Waals surface area contributed by atoms with Crippen LogP contribution < -0.4 is 20.7 Å². The van der Waals surface area contributed by atoms with Crippen molar-refractivity contribution in [2.45, 2.75) is 6.17 Å². The summed E-state index contributed by atoms with van der Waals surface area (Å²) in [4.78, 5) is 22.1. The summed E-state index contributed by atoms with van der Waals surface area (Å²) < 4.78 is 5.01. The van der Waals surface area contributed by atoms with Crippen LogP contribution >= 0.6 is 0 Å². The molecule has 1 aromatic carbocycles. The molecule has 1 saturated heterocycles. The second-order valence-corrected chi connectivity index (χ2v) is 3.28. The van der Waals surface area contributed by atoms with Gasteiger partial charge in [-0.3, -0.25) is 5.32 Å². The molecule has 4 amide bonds. The molecule has 0 bridgehead atoms. The first-order valence-corrected chi connectivity index (χ1v) is 4.71. The molecule has 84 valence electrons.